The molecular weight excluding hydrogens is 278 g/mol. The van der Waals surface area contributed by atoms with Crippen LogP contribution in [0.3, 0.4) is 0 Å². The van der Waals surface area contributed by atoms with Crippen LogP contribution in [-0.4, -0.2) is 20.6 Å². The van der Waals surface area contributed by atoms with Gasteiger partial charge in [-0.2, -0.15) is 0 Å². The van der Waals surface area contributed by atoms with Crippen molar-refractivity contribution in [1.82, 2.24) is 0 Å². The summed E-state index contributed by atoms with van der Waals surface area (Å²) >= 11 is 0. The number of methoxy groups -OCH3 is 1. The molecule has 0 atom stereocenters. The van der Waals surface area contributed by atoms with E-state index in [-0.39, 0.29) is 17.3 Å². The van der Waals surface area contributed by atoms with Crippen molar-refractivity contribution in [2.24, 2.45) is 0 Å². The maximum absolute atomic E-state index is 12.3. The summed E-state index contributed by atoms with van der Waals surface area (Å²) in [5.41, 5.74) is 1.02. The van der Waals surface area contributed by atoms with Crippen LogP contribution in [-0.2, 0) is 16.6 Å². The number of ether oxygens (including phenoxy) is 1. The molecule has 0 saturated heterocycles. The fourth-order valence-electron chi connectivity index (χ4n) is 1.78. The zero-order valence-electron chi connectivity index (χ0n) is 10.9. The second kappa shape index (κ2) is 5.94. The monoisotopic (exact) mass is 293 g/mol. The van der Waals surface area contributed by atoms with E-state index in [1.54, 1.807) is 42.5 Å². The fourth-order valence-corrected chi connectivity index (χ4v) is 3.01. The third-order valence-corrected chi connectivity index (χ3v) is 4.14. The molecule has 5 nitrogen and oxygen atoms in total. The average Bonchev–Trinajstić information content (AvgIpc) is 2.47. The van der Waals surface area contributed by atoms with Gasteiger partial charge in [0.25, 0.3) is 10.0 Å². The molecule has 0 unspecified atom stereocenters. The molecule has 0 saturated carbocycles. The van der Waals surface area contributed by atoms with Crippen molar-refractivity contribution < 1.29 is 18.3 Å². The zero-order chi connectivity index (χ0) is 14.6. The highest BCUT2D eigenvalue weighted by atomic mass is 32.2. The number of nitrogens with one attached hydrogen (secondary N) is 1. The van der Waals surface area contributed by atoms with Crippen molar-refractivity contribution in [2.75, 3.05) is 11.8 Å². The summed E-state index contributed by atoms with van der Waals surface area (Å²) in [6.07, 6.45) is 0. The van der Waals surface area contributed by atoms with E-state index in [0.717, 1.165) is 0 Å². The summed E-state index contributed by atoms with van der Waals surface area (Å²) in [5.74, 6) is 0.276. The van der Waals surface area contributed by atoms with Crippen LogP contribution in [0.2, 0.25) is 0 Å². The summed E-state index contributed by atoms with van der Waals surface area (Å²) in [6, 6.07) is 13.0. The Morgan fingerprint density at radius 1 is 1.15 bits per heavy atom. The van der Waals surface area contributed by atoms with Gasteiger partial charge < -0.3 is 9.84 Å². The van der Waals surface area contributed by atoms with Gasteiger partial charge >= 0.3 is 0 Å². The molecule has 0 amide bonds. The van der Waals surface area contributed by atoms with Gasteiger partial charge in [0.1, 0.15) is 10.6 Å². The Morgan fingerprint density at radius 3 is 2.60 bits per heavy atom. The van der Waals surface area contributed by atoms with E-state index in [2.05, 4.69) is 4.72 Å². The Morgan fingerprint density at radius 2 is 1.90 bits per heavy atom. The largest absolute Gasteiger partial charge is 0.495 e. The number of para-hydroxylation sites is 1. The minimum Gasteiger partial charge on any atom is -0.495 e. The van der Waals surface area contributed by atoms with Crippen molar-refractivity contribution in [1.29, 1.82) is 0 Å². The maximum Gasteiger partial charge on any atom is 0.265 e. The van der Waals surface area contributed by atoms with Crippen molar-refractivity contribution in [3.63, 3.8) is 0 Å². The first kappa shape index (κ1) is 14.4. The average molecular weight is 293 g/mol. The summed E-state index contributed by atoms with van der Waals surface area (Å²) in [7, 11) is -2.32. The van der Waals surface area contributed by atoms with Crippen molar-refractivity contribution >= 4 is 15.7 Å². The molecular formula is C14H15NO4S. The number of rotatable bonds is 5. The lowest BCUT2D eigenvalue weighted by Crippen LogP contribution is -2.14. The molecule has 0 spiro atoms. The minimum absolute atomic E-state index is 0.0666. The molecule has 106 valence electrons. The van der Waals surface area contributed by atoms with Crippen molar-refractivity contribution in [3.05, 3.63) is 54.1 Å². The zero-order valence-corrected chi connectivity index (χ0v) is 11.7. The number of aliphatic hydroxyl groups is 1. The van der Waals surface area contributed by atoms with Gasteiger partial charge in [-0.05, 0) is 29.8 Å². The molecule has 0 aliphatic carbocycles. The first-order chi connectivity index (χ1) is 9.56. The molecule has 2 N–H and O–H groups in total. The number of anilines is 1. The summed E-state index contributed by atoms with van der Waals surface area (Å²) in [4.78, 5) is 0.0666. The van der Waals surface area contributed by atoms with Gasteiger partial charge in [0.15, 0.2) is 0 Å². The summed E-state index contributed by atoms with van der Waals surface area (Å²) in [5, 5.41) is 9.06. The number of hydrogen-bond donors (Lipinski definition) is 2. The predicted octanol–water partition coefficient (Wildman–Crippen LogP) is 1.99. The van der Waals surface area contributed by atoms with Gasteiger partial charge in [-0.1, -0.05) is 24.3 Å². The van der Waals surface area contributed by atoms with E-state index >= 15 is 0 Å². The Hall–Kier alpha value is -2.05. The van der Waals surface area contributed by atoms with Crippen LogP contribution in [0.15, 0.2) is 53.4 Å². The van der Waals surface area contributed by atoms with Crippen LogP contribution in [0.4, 0.5) is 5.69 Å². The highest BCUT2D eigenvalue weighted by Gasteiger charge is 2.18. The van der Waals surface area contributed by atoms with E-state index in [4.69, 9.17) is 9.84 Å². The Bertz CT molecular complexity index is 698. The number of sulfonamides is 1. The second-order valence-electron chi connectivity index (χ2n) is 4.11. The van der Waals surface area contributed by atoms with Gasteiger partial charge in [0.05, 0.1) is 13.7 Å². The molecule has 0 bridgehead atoms. The quantitative estimate of drug-likeness (QED) is 0.884. The van der Waals surface area contributed by atoms with Gasteiger partial charge in [-0.25, -0.2) is 8.42 Å². The molecule has 2 rings (SSSR count). The van der Waals surface area contributed by atoms with E-state index in [9.17, 15) is 8.42 Å². The molecule has 0 fully saturated rings. The van der Waals surface area contributed by atoms with Gasteiger partial charge in [-0.15, -0.1) is 0 Å². The molecule has 0 aliphatic rings. The van der Waals surface area contributed by atoms with Crippen molar-refractivity contribution in [3.8, 4) is 5.75 Å². The van der Waals surface area contributed by atoms with Crippen LogP contribution in [0.5, 0.6) is 5.75 Å². The van der Waals surface area contributed by atoms with Crippen LogP contribution in [0.1, 0.15) is 5.56 Å². The lowest BCUT2D eigenvalue weighted by molar-refractivity contribution is 0.282. The van der Waals surface area contributed by atoms with Crippen LogP contribution >= 0.6 is 0 Å². The van der Waals surface area contributed by atoms with Crippen LogP contribution < -0.4 is 9.46 Å². The molecule has 2 aromatic carbocycles. The molecule has 0 radical (unpaired) electrons. The van der Waals surface area contributed by atoms with Gasteiger partial charge in [-0.3, -0.25) is 4.72 Å². The van der Waals surface area contributed by atoms with E-state index < -0.39 is 10.0 Å². The molecule has 0 aromatic heterocycles. The molecule has 2 aromatic rings. The van der Waals surface area contributed by atoms with Gasteiger partial charge in [0.2, 0.25) is 0 Å². The topological polar surface area (TPSA) is 75.6 Å². The molecule has 20 heavy (non-hydrogen) atoms. The first-order valence-electron chi connectivity index (χ1n) is 5.92. The fraction of sp³-hybridized carbons (Fsp3) is 0.143. The van der Waals surface area contributed by atoms with Crippen LogP contribution in [0, 0.1) is 0 Å². The van der Waals surface area contributed by atoms with Crippen LogP contribution in [0.25, 0.3) is 0 Å². The smallest absolute Gasteiger partial charge is 0.265 e. The Kier molecular flexibility index (Phi) is 4.26. The third kappa shape index (κ3) is 3.09. The van der Waals surface area contributed by atoms with E-state index in [1.165, 1.54) is 13.2 Å². The minimum atomic E-state index is -3.74. The Labute approximate surface area is 117 Å². The normalized spacial score (nSPS) is 11.1. The lowest BCUT2D eigenvalue weighted by atomic mass is 10.2. The summed E-state index contributed by atoms with van der Waals surface area (Å²) in [6.45, 7) is -0.149. The second-order valence-corrected chi connectivity index (χ2v) is 5.77. The van der Waals surface area contributed by atoms with Crippen molar-refractivity contribution in [2.45, 2.75) is 11.5 Å². The maximum atomic E-state index is 12.3. The number of benzene rings is 2. The highest BCUT2D eigenvalue weighted by molar-refractivity contribution is 7.92. The predicted molar refractivity (Wildman–Crippen MR) is 76.2 cm³/mol. The highest BCUT2D eigenvalue weighted by Crippen LogP contribution is 2.25. The molecule has 0 aliphatic heterocycles. The van der Waals surface area contributed by atoms with Gasteiger partial charge in [0, 0.05) is 5.69 Å². The lowest BCUT2D eigenvalue weighted by Gasteiger charge is -2.11. The SMILES string of the molecule is COc1ccccc1S(=O)(=O)Nc1cccc(CO)c1. The Balaban J connectivity index is 2.35. The number of aliphatic hydroxyl groups excluding tert-OH is 1. The first-order valence-corrected chi connectivity index (χ1v) is 7.41. The van der Waals surface area contributed by atoms with E-state index in [1.807, 2.05) is 0 Å². The standard InChI is InChI=1S/C14H15NO4S/c1-19-13-7-2-3-8-14(13)20(17,18)15-12-6-4-5-11(9-12)10-16/h2-9,15-16H,10H2,1H3. The molecule has 6 heteroatoms. The van der Waals surface area contributed by atoms with E-state index in [0.29, 0.717) is 11.3 Å². The third-order valence-electron chi connectivity index (χ3n) is 2.72. The summed E-state index contributed by atoms with van der Waals surface area (Å²) < 4.78 is 32.2. The molecule has 0 heterocycles. The number of hydrogen-bond acceptors (Lipinski definition) is 4.